The monoisotopic (exact) mass is 258 g/mol. The summed E-state index contributed by atoms with van der Waals surface area (Å²) in [7, 11) is 0. The van der Waals surface area contributed by atoms with Gasteiger partial charge in [-0.2, -0.15) is 11.8 Å². The molecule has 0 bridgehead atoms. The van der Waals surface area contributed by atoms with Gasteiger partial charge in [0.1, 0.15) is 11.6 Å². The average Bonchev–Trinajstić information content (AvgIpc) is 2.30. The third-order valence-electron chi connectivity index (χ3n) is 3.23. The summed E-state index contributed by atoms with van der Waals surface area (Å²) in [6.07, 6.45) is 1.48. The van der Waals surface area contributed by atoms with Gasteiger partial charge in [-0.25, -0.2) is 8.78 Å². The average molecular weight is 258 g/mol. The molecule has 0 saturated carbocycles. The first kappa shape index (κ1) is 12.8. The van der Waals surface area contributed by atoms with Crippen molar-refractivity contribution in [2.24, 2.45) is 5.92 Å². The second-order valence-electron chi connectivity index (χ2n) is 4.44. The molecule has 1 saturated heterocycles. The second-order valence-corrected chi connectivity index (χ2v) is 5.67. The molecule has 0 aromatic heterocycles. The molecule has 1 nitrogen and oxygen atoms in total. The van der Waals surface area contributed by atoms with Crippen LogP contribution in [0.25, 0.3) is 0 Å². The van der Waals surface area contributed by atoms with Crippen molar-refractivity contribution in [1.82, 2.24) is 0 Å². The fraction of sp³-hybridized carbons (Fsp3) is 0.538. The zero-order valence-corrected chi connectivity index (χ0v) is 10.4. The van der Waals surface area contributed by atoms with Crippen molar-refractivity contribution in [3.63, 3.8) is 0 Å². The van der Waals surface area contributed by atoms with Gasteiger partial charge in [-0.05, 0) is 48.8 Å². The maximum absolute atomic E-state index is 13.5. The maximum Gasteiger partial charge on any atom is 0.131 e. The lowest BCUT2D eigenvalue weighted by atomic mass is 9.92. The number of aliphatic hydroxyl groups excluding tert-OH is 1. The summed E-state index contributed by atoms with van der Waals surface area (Å²) in [6.45, 7) is 0. The Morgan fingerprint density at radius 2 is 1.82 bits per heavy atom. The molecule has 1 atom stereocenters. The van der Waals surface area contributed by atoms with E-state index in [2.05, 4.69) is 0 Å². The molecule has 94 valence electrons. The van der Waals surface area contributed by atoms with E-state index in [9.17, 15) is 13.9 Å². The molecular weight excluding hydrogens is 242 g/mol. The zero-order chi connectivity index (χ0) is 12.3. The predicted octanol–water partition coefficient (Wildman–Crippen LogP) is 3.53. The number of halogens is 2. The third kappa shape index (κ3) is 3.19. The van der Waals surface area contributed by atoms with E-state index in [0.717, 1.165) is 24.3 Å². The molecule has 1 heterocycles. The van der Waals surface area contributed by atoms with E-state index >= 15 is 0 Å². The van der Waals surface area contributed by atoms with Crippen molar-refractivity contribution >= 4 is 11.8 Å². The first-order chi connectivity index (χ1) is 8.18. The highest BCUT2D eigenvalue weighted by Gasteiger charge is 2.23. The van der Waals surface area contributed by atoms with E-state index < -0.39 is 17.7 Å². The quantitative estimate of drug-likeness (QED) is 0.895. The highest BCUT2D eigenvalue weighted by molar-refractivity contribution is 7.99. The van der Waals surface area contributed by atoms with Gasteiger partial charge >= 0.3 is 0 Å². The van der Waals surface area contributed by atoms with Crippen molar-refractivity contribution in [3.05, 3.63) is 35.4 Å². The Kier molecular flexibility index (Phi) is 4.40. The van der Waals surface area contributed by atoms with Gasteiger partial charge in [0.2, 0.25) is 0 Å². The van der Waals surface area contributed by atoms with E-state index in [-0.39, 0.29) is 5.56 Å². The summed E-state index contributed by atoms with van der Waals surface area (Å²) in [6, 6.07) is 3.70. The summed E-state index contributed by atoms with van der Waals surface area (Å²) >= 11 is 1.90. The third-order valence-corrected chi connectivity index (χ3v) is 4.28. The van der Waals surface area contributed by atoms with Gasteiger partial charge < -0.3 is 5.11 Å². The first-order valence-electron chi connectivity index (χ1n) is 5.88. The van der Waals surface area contributed by atoms with E-state index in [1.165, 1.54) is 18.2 Å². The summed E-state index contributed by atoms with van der Waals surface area (Å²) in [5.74, 6) is 1.24. The molecule has 0 spiro atoms. The number of hydrogen-bond acceptors (Lipinski definition) is 2. The van der Waals surface area contributed by atoms with E-state index in [1.54, 1.807) is 0 Å². The smallest absolute Gasteiger partial charge is 0.131 e. The molecule has 1 aliphatic rings. The molecule has 1 fully saturated rings. The molecule has 2 rings (SSSR count). The van der Waals surface area contributed by atoms with Gasteiger partial charge in [-0.1, -0.05) is 6.07 Å². The van der Waals surface area contributed by atoms with Crippen molar-refractivity contribution in [1.29, 1.82) is 0 Å². The largest absolute Gasteiger partial charge is 0.388 e. The highest BCUT2D eigenvalue weighted by atomic mass is 32.2. The van der Waals surface area contributed by atoms with Crippen LogP contribution in [0, 0.1) is 17.6 Å². The zero-order valence-electron chi connectivity index (χ0n) is 9.53. The molecule has 1 aliphatic heterocycles. The van der Waals surface area contributed by atoms with Crippen LogP contribution in [0.2, 0.25) is 0 Å². The van der Waals surface area contributed by atoms with Gasteiger partial charge in [0.05, 0.1) is 11.7 Å². The molecule has 0 amide bonds. The SMILES string of the molecule is OC(CC1CCSCC1)c1c(F)cccc1F. The van der Waals surface area contributed by atoms with Crippen molar-refractivity contribution < 1.29 is 13.9 Å². The summed E-state index contributed by atoms with van der Waals surface area (Å²) < 4.78 is 26.9. The van der Waals surface area contributed by atoms with E-state index in [4.69, 9.17) is 0 Å². The molecule has 0 radical (unpaired) electrons. The van der Waals surface area contributed by atoms with E-state index in [1.807, 2.05) is 11.8 Å². The van der Waals surface area contributed by atoms with Crippen LogP contribution in [0.1, 0.15) is 30.9 Å². The van der Waals surface area contributed by atoms with Gasteiger partial charge in [-0.15, -0.1) is 0 Å². The van der Waals surface area contributed by atoms with Crippen LogP contribution in [-0.2, 0) is 0 Å². The molecule has 0 aliphatic carbocycles. The minimum absolute atomic E-state index is 0.175. The fourth-order valence-corrected chi connectivity index (χ4v) is 3.45. The van der Waals surface area contributed by atoms with Gasteiger partial charge in [0.15, 0.2) is 0 Å². The van der Waals surface area contributed by atoms with Gasteiger partial charge in [-0.3, -0.25) is 0 Å². The van der Waals surface area contributed by atoms with Crippen LogP contribution in [-0.4, -0.2) is 16.6 Å². The van der Waals surface area contributed by atoms with Crippen LogP contribution < -0.4 is 0 Å². The maximum atomic E-state index is 13.5. The summed E-state index contributed by atoms with van der Waals surface area (Å²) in [5, 5.41) is 9.95. The number of aliphatic hydroxyl groups is 1. The van der Waals surface area contributed by atoms with Crippen LogP contribution in [0.15, 0.2) is 18.2 Å². The Balaban J connectivity index is 2.05. The lowest BCUT2D eigenvalue weighted by Crippen LogP contribution is -2.15. The molecule has 1 aromatic rings. The number of benzene rings is 1. The van der Waals surface area contributed by atoms with Crippen LogP contribution in [0.5, 0.6) is 0 Å². The van der Waals surface area contributed by atoms with Crippen molar-refractivity contribution in [2.75, 3.05) is 11.5 Å². The van der Waals surface area contributed by atoms with Crippen LogP contribution in [0.4, 0.5) is 8.78 Å². The summed E-state index contributed by atoms with van der Waals surface area (Å²) in [5.41, 5.74) is -0.175. The second kappa shape index (κ2) is 5.83. The highest BCUT2D eigenvalue weighted by Crippen LogP contribution is 2.32. The Morgan fingerprint density at radius 1 is 1.24 bits per heavy atom. The molecule has 1 N–H and O–H groups in total. The Bertz CT molecular complexity index is 357. The number of rotatable bonds is 3. The Hall–Kier alpha value is -0.610. The van der Waals surface area contributed by atoms with E-state index in [0.29, 0.717) is 12.3 Å². The van der Waals surface area contributed by atoms with Crippen molar-refractivity contribution in [2.45, 2.75) is 25.4 Å². The normalized spacial score (nSPS) is 19.2. The van der Waals surface area contributed by atoms with Crippen molar-refractivity contribution in [3.8, 4) is 0 Å². The Morgan fingerprint density at radius 3 is 2.41 bits per heavy atom. The minimum atomic E-state index is -1.02. The van der Waals surface area contributed by atoms with Gasteiger partial charge in [0.25, 0.3) is 0 Å². The predicted molar refractivity (Wildman–Crippen MR) is 66.0 cm³/mol. The fourth-order valence-electron chi connectivity index (χ4n) is 2.24. The molecule has 1 unspecified atom stereocenters. The lowest BCUT2D eigenvalue weighted by Gasteiger charge is -2.24. The summed E-state index contributed by atoms with van der Waals surface area (Å²) in [4.78, 5) is 0. The molecule has 4 heteroatoms. The van der Waals surface area contributed by atoms with Crippen LogP contribution in [0.3, 0.4) is 0 Å². The first-order valence-corrected chi connectivity index (χ1v) is 7.03. The van der Waals surface area contributed by atoms with Gasteiger partial charge in [0, 0.05) is 0 Å². The lowest BCUT2D eigenvalue weighted by molar-refractivity contribution is 0.133. The molecule has 1 aromatic carbocycles. The standard InChI is InChI=1S/C13H16F2OS/c14-10-2-1-3-11(15)13(10)12(16)8-9-4-6-17-7-5-9/h1-3,9,12,16H,4-8H2. The molecule has 17 heavy (non-hydrogen) atoms. The number of hydrogen-bond donors (Lipinski definition) is 1. The topological polar surface area (TPSA) is 20.2 Å². The Labute approximate surface area is 104 Å². The van der Waals surface area contributed by atoms with Crippen LogP contribution >= 0.6 is 11.8 Å². The number of thioether (sulfide) groups is 1. The molecular formula is C13H16F2OS. The minimum Gasteiger partial charge on any atom is -0.388 e.